The second-order valence-electron chi connectivity index (χ2n) is 5.79. The molecule has 0 amide bonds. The van der Waals surface area contributed by atoms with Crippen molar-refractivity contribution in [2.75, 3.05) is 6.54 Å². The molecule has 2 unspecified atom stereocenters. The smallest absolute Gasteiger partial charge is 0.0894 e. The van der Waals surface area contributed by atoms with E-state index < -0.39 is 0 Å². The predicted molar refractivity (Wildman–Crippen MR) is 82.6 cm³/mol. The van der Waals surface area contributed by atoms with Crippen LogP contribution in [0.2, 0.25) is 0 Å². The van der Waals surface area contributed by atoms with E-state index in [4.69, 9.17) is 4.99 Å². The zero-order chi connectivity index (χ0) is 13.4. The van der Waals surface area contributed by atoms with Crippen LogP contribution in [0.4, 0.5) is 0 Å². The molecule has 0 fully saturated rings. The summed E-state index contributed by atoms with van der Waals surface area (Å²) < 4.78 is 0. The predicted octanol–water partition coefficient (Wildman–Crippen LogP) is 2.73. The average molecular weight is 268 g/mol. The number of hydrogen-bond donors (Lipinski definition) is 0. The topological polar surface area (TPSA) is 40.3 Å². The van der Waals surface area contributed by atoms with Crippen molar-refractivity contribution in [1.82, 2.24) is 4.90 Å². The fraction of sp³-hybridized carbons (Fsp3) is 0.562. The number of rotatable bonds is 1. The molecule has 0 saturated carbocycles. The largest absolute Gasteiger partial charge is 0.341 e. The number of aliphatic imine (C=N–C) groups is 3. The van der Waals surface area contributed by atoms with Crippen molar-refractivity contribution in [1.29, 1.82) is 0 Å². The molecule has 0 saturated heterocycles. The first-order chi connectivity index (χ1) is 9.93. The van der Waals surface area contributed by atoms with Crippen LogP contribution in [-0.2, 0) is 0 Å². The lowest BCUT2D eigenvalue weighted by Gasteiger charge is -2.40. The Balaban J connectivity index is 1.69. The van der Waals surface area contributed by atoms with E-state index in [9.17, 15) is 0 Å². The van der Waals surface area contributed by atoms with Crippen LogP contribution < -0.4 is 0 Å². The Hall–Kier alpha value is -1.71. The Morgan fingerprint density at radius 2 is 2.25 bits per heavy atom. The van der Waals surface area contributed by atoms with Gasteiger partial charge in [0.05, 0.1) is 23.5 Å². The van der Waals surface area contributed by atoms with Gasteiger partial charge in [-0.3, -0.25) is 15.0 Å². The number of nitrogens with zero attached hydrogens (tertiary/aromatic N) is 4. The number of allylic oxidation sites excluding steroid dienone is 2. The molecular formula is C16H20N4. The van der Waals surface area contributed by atoms with Crippen molar-refractivity contribution < 1.29 is 0 Å². The van der Waals surface area contributed by atoms with E-state index in [0.29, 0.717) is 12.1 Å². The summed E-state index contributed by atoms with van der Waals surface area (Å²) in [7, 11) is 0. The van der Waals surface area contributed by atoms with Crippen LogP contribution >= 0.6 is 0 Å². The minimum atomic E-state index is 0.328. The van der Waals surface area contributed by atoms with Gasteiger partial charge >= 0.3 is 0 Å². The lowest BCUT2D eigenvalue weighted by Crippen LogP contribution is -2.47. The molecular weight excluding hydrogens is 248 g/mol. The Kier molecular flexibility index (Phi) is 3.02. The van der Waals surface area contributed by atoms with Crippen LogP contribution in [-0.4, -0.2) is 41.7 Å². The second kappa shape index (κ2) is 5.00. The van der Waals surface area contributed by atoms with Crippen LogP contribution in [0.15, 0.2) is 38.6 Å². The first-order valence-electron chi connectivity index (χ1n) is 7.69. The number of fused-ring (bicyclic) bond motifs is 1. The van der Waals surface area contributed by atoms with Gasteiger partial charge in [0.25, 0.3) is 0 Å². The molecule has 0 aromatic rings. The Morgan fingerprint density at radius 1 is 1.25 bits per heavy atom. The van der Waals surface area contributed by atoms with E-state index in [1.807, 2.05) is 0 Å². The molecule has 20 heavy (non-hydrogen) atoms. The van der Waals surface area contributed by atoms with E-state index in [2.05, 4.69) is 39.6 Å². The summed E-state index contributed by atoms with van der Waals surface area (Å²) in [6, 6.07) is 0.696. The van der Waals surface area contributed by atoms with Gasteiger partial charge in [0.2, 0.25) is 0 Å². The van der Waals surface area contributed by atoms with Gasteiger partial charge in [-0.2, -0.15) is 0 Å². The minimum Gasteiger partial charge on any atom is -0.341 e. The second-order valence-corrected chi connectivity index (χ2v) is 5.79. The van der Waals surface area contributed by atoms with Crippen molar-refractivity contribution in [2.24, 2.45) is 15.0 Å². The molecule has 4 nitrogen and oxygen atoms in total. The van der Waals surface area contributed by atoms with Crippen LogP contribution in [0.3, 0.4) is 0 Å². The van der Waals surface area contributed by atoms with Crippen LogP contribution in [0.25, 0.3) is 0 Å². The minimum absolute atomic E-state index is 0.328. The summed E-state index contributed by atoms with van der Waals surface area (Å²) in [4.78, 5) is 16.5. The van der Waals surface area contributed by atoms with Gasteiger partial charge in [0.15, 0.2) is 0 Å². The summed E-state index contributed by atoms with van der Waals surface area (Å²) in [5.74, 6) is 0. The molecule has 0 aromatic carbocycles. The molecule has 4 aliphatic rings. The van der Waals surface area contributed by atoms with Crippen LogP contribution in [0.1, 0.15) is 38.5 Å². The fourth-order valence-electron chi connectivity index (χ4n) is 3.59. The lowest BCUT2D eigenvalue weighted by molar-refractivity contribution is 0.377. The first-order valence-corrected chi connectivity index (χ1v) is 7.69. The normalized spacial score (nSPS) is 32.0. The van der Waals surface area contributed by atoms with E-state index in [-0.39, 0.29) is 0 Å². The van der Waals surface area contributed by atoms with Crippen molar-refractivity contribution in [3.63, 3.8) is 0 Å². The molecule has 0 radical (unpaired) electrons. The Bertz CT molecular complexity index is 553. The van der Waals surface area contributed by atoms with Crippen molar-refractivity contribution in [3.05, 3.63) is 23.7 Å². The van der Waals surface area contributed by atoms with E-state index in [1.54, 1.807) is 0 Å². The zero-order valence-corrected chi connectivity index (χ0v) is 11.7. The summed E-state index contributed by atoms with van der Waals surface area (Å²) in [5.41, 5.74) is 3.95. The van der Waals surface area contributed by atoms with Gasteiger partial charge in [-0.25, -0.2) is 0 Å². The maximum Gasteiger partial charge on any atom is 0.0894 e. The zero-order valence-electron chi connectivity index (χ0n) is 11.7. The van der Waals surface area contributed by atoms with E-state index in [1.165, 1.54) is 23.5 Å². The van der Waals surface area contributed by atoms with Crippen molar-refractivity contribution >= 4 is 18.1 Å². The molecule has 4 rings (SSSR count). The maximum absolute atomic E-state index is 4.81. The van der Waals surface area contributed by atoms with Crippen LogP contribution in [0.5, 0.6) is 0 Å². The molecule has 4 aliphatic heterocycles. The molecule has 0 bridgehead atoms. The highest BCUT2D eigenvalue weighted by molar-refractivity contribution is 5.99. The molecule has 0 aliphatic carbocycles. The van der Waals surface area contributed by atoms with Gasteiger partial charge < -0.3 is 4.90 Å². The van der Waals surface area contributed by atoms with Crippen molar-refractivity contribution in [2.45, 2.75) is 50.6 Å². The van der Waals surface area contributed by atoms with Gasteiger partial charge in [0, 0.05) is 43.7 Å². The highest BCUT2D eigenvalue weighted by Crippen LogP contribution is 2.32. The van der Waals surface area contributed by atoms with Gasteiger partial charge in [-0.15, -0.1) is 0 Å². The molecule has 4 heterocycles. The molecule has 104 valence electrons. The highest BCUT2D eigenvalue weighted by atomic mass is 15.2. The van der Waals surface area contributed by atoms with Gasteiger partial charge in [-0.1, -0.05) is 6.08 Å². The molecule has 4 heteroatoms. The number of hydrogen-bond acceptors (Lipinski definition) is 4. The molecule has 0 spiro atoms. The van der Waals surface area contributed by atoms with Gasteiger partial charge in [-0.05, 0) is 25.7 Å². The Labute approximate surface area is 119 Å². The SMILES string of the molecule is C1=CN(C2CC=NC3CCCN=C32)C2=C(C1)N=CCC2. The quantitative estimate of drug-likeness (QED) is 0.721. The highest BCUT2D eigenvalue weighted by Gasteiger charge is 2.34. The maximum atomic E-state index is 4.81. The summed E-state index contributed by atoms with van der Waals surface area (Å²) in [6.07, 6.45) is 15.1. The van der Waals surface area contributed by atoms with E-state index >= 15 is 0 Å². The fourth-order valence-corrected chi connectivity index (χ4v) is 3.59. The average Bonchev–Trinajstić information content (AvgIpc) is 2.54. The Morgan fingerprint density at radius 3 is 3.25 bits per heavy atom. The third kappa shape index (κ3) is 1.94. The molecule has 0 N–H and O–H groups in total. The van der Waals surface area contributed by atoms with Crippen LogP contribution in [0, 0.1) is 0 Å². The summed E-state index contributed by atoms with van der Waals surface area (Å²) >= 11 is 0. The van der Waals surface area contributed by atoms with E-state index in [0.717, 1.165) is 38.6 Å². The lowest BCUT2D eigenvalue weighted by atomic mass is 9.90. The summed E-state index contributed by atoms with van der Waals surface area (Å²) in [5, 5.41) is 0. The summed E-state index contributed by atoms with van der Waals surface area (Å²) in [6.45, 7) is 0.972. The third-order valence-electron chi connectivity index (χ3n) is 4.54. The standard InChI is InChI=1S/C16H20N4/c1-4-13-16(19-9-1)15(7-10-18-13)20-11-3-5-12-14(20)6-2-8-17-12/h3,8,10-11,13,15H,1-2,4-7,9H2. The molecule has 0 aromatic heterocycles. The van der Waals surface area contributed by atoms with Crippen molar-refractivity contribution in [3.8, 4) is 0 Å². The molecule has 2 atom stereocenters. The first kappa shape index (κ1) is 12.1. The monoisotopic (exact) mass is 268 g/mol. The third-order valence-corrected chi connectivity index (χ3v) is 4.54. The van der Waals surface area contributed by atoms with Gasteiger partial charge in [0.1, 0.15) is 0 Å².